The first-order valence-corrected chi connectivity index (χ1v) is 54.5. The molecule has 5 aromatic carbocycles. The van der Waals surface area contributed by atoms with E-state index >= 15 is 0 Å². The fourth-order valence-electron chi connectivity index (χ4n) is 20.1. The van der Waals surface area contributed by atoms with Crippen molar-refractivity contribution in [2.75, 3.05) is 25.0 Å². The van der Waals surface area contributed by atoms with Crippen LogP contribution in [-0.4, -0.2) is 82.1 Å². The highest BCUT2D eigenvalue weighted by atomic mass is 32.2. The molecule has 0 saturated heterocycles. The summed E-state index contributed by atoms with van der Waals surface area (Å²) in [5.41, 5.74) is 40.8. The van der Waals surface area contributed by atoms with Gasteiger partial charge in [-0.3, -0.25) is 49.9 Å². The first-order valence-electron chi connectivity index (χ1n) is 49.6. The maximum Gasteiger partial charge on any atom is 0.0816 e. The fourth-order valence-corrected chi connectivity index (χ4v) is 22.8. The van der Waals surface area contributed by atoms with Crippen molar-refractivity contribution in [2.24, 2.45) is 61.8 Å². The molecular formula is C109H158N10S4. The Hall–Kier alpha value is -5.80. The lowest BCUT2D eigenvalue weighted by Crippen LogP contribution is -2.16. The Morgan fingerprint density at radius 1 is 0.211 bits per heavy atom. The van der Waals surface area contributed by atoms with Crippen LogP contribution in [0.3, 0.4) is 0 Å². The zero-order chi connectivity index (χ0) is 87.2. The molecule has 10 nitrogen and oxygen atoms in total. The number of hydrogen-bond donors (Lipinski definition) is 0. The predicted molar refractivity (Wildman–Crippen MR) is 552 cm³/mol. The largest absolute Gasteiger partial charge is 0.257 e. The number of aliphatic imine (C=N–C) groups is 10. The molecule has 10 saturated carbocycles. The van der Waals surface area contributed by atoms with Crippen molar-refractivity contribution < 1.29 is 0 Å². The van der Waals surface area contributed by atoms with Crippen LogP contribution in [0.2, 0.25) is 0 Å². The highest BCUT2D eigenvalue weighted by molar-refractivity contribution is 8.00. The Bertz CT molecular complexity index is 4160. The molecule has 5 aromatic rings. The van der Waals surface area contributed by atoms with Gasteiger partial charge in [-0.25, -0.2) is 0 Å². The van der Waals surface area contributed by atoms with Crippen molar-refractivity contribution in [3.05, 3.63) is 91.5 Å². The van der Waals surface area contributed by atoms with Crippen LogP contribution in [0.4, 0.5) is 56.9 Å². The Morgan fingerprint density at radius 2 is 0.374 bits per heavy atom. The third kappa shape index (κ3) is 27.2. The molecule has 10 aliphatic carbocycles. The monoisotopic (exact) mass is 1740 g/mol. The van der Waals surface area contributed by atoms with Crippen LogP contribution in [0.25, 0.3) is 0 Å². The summed E-state index contributed by atoms with van der Waals surface area (Å²) in [6, 6.07) is 11.8. The molecular weight excluding hydrogens is 1580 g/mol. The van der Waals surface area contributed by atoms with E-state index in [1.54, 1.807) is 23.5 Å². The number of benzene rings is 5. The van der Waals surface area contributed by atoms with E-state index in [2.05, 4.69) is 145 Å². The highest BCUT2D eigenvalue weighted by Crippen LogP contribution is 2.49. The summed E-state index contributed by atoms with van der Waals surface area (Å²) >= 11 is 7.24. The molecule has 0 N–H and O–H groups in total. The maximum absolute atomic E-state index is 5.26. The number of nitrogens with zero attached hydrogens (tertiary/aromatic N) is 10. The van der Waals surface area contributed by atoms with Gasteiger partial charge in [-0.15, -0.1) is 47.0 Å². The average molecular weight is 1740 g/mol. The second kappa shape index (κ2) is 50.8. The third-order valence-electron chi connectivity index (χ3n) is 27.9. The maximum atomic E-state index is 5.26. The van der Waals surface area contributed by atoms with Gasteiger partial charge < -0.3 is 0 Å². The normalized spacial score (nSPS) is 20.0. The summed E-state index contributed by atoms with van der Waals surface area (Å²) in [5, 5.41) is 0. The number of rotatable bonds is 20. The predicted octanol–water partition coefficient (Wildman–Crippen LogP) is 35.5. The van der Waals surface area contributed by atoms with Crippen LogP contribution in [-0.2, 0) is 38.5 Å². The summed E-state index contributed by atoms with van der Waals surface area (Å²) in [7, 11) is 0. The Morgan fingerprint density at radius 3 is 0.553 bits per heavy atom. The van der Waals surface area contributed by atoms with Crippen LogP contribution < -0.4 is 0 Å². The average Bonchev–Trinajstić information content (AvgIpc) is 0.955. The third-order valence-corrected chi connectivity index (χ3v) is 30.9. The molecule has 0 bridgehead atoms. The van der Waals surface area contributed by atoms with E-state index < -0.39 is 0 Å². The minimum absolute atomic E-state index is 0.627. The highest BCUT2D eigenvalue weighted by Gasteiger charge is 2.27. The molecule has 0 aromatic heterocycles. The van der Waals surface area contributed by atoms with E-state index in [4.69, 9.17) is 49.9 Å². The molecule has 0 spiro atoms. The minimum Gasteiger partial charge on any atom is -0.257 e. The Kier molecular flexibility index (Phi) is 40.4. The van der Waals surface area contributed by atoms with Crippen LogP contribution in [0, 0.1) is 46.5 Å². The summed E-state index contributed by atoms with van der Waals surface area (Å²) in [6.45, 7) is 29.4. The quantitative estimate of drug-likeness (QED) is 0.0720. The molecule has 668 valence electrons. The van der Waals surface area contributed by atoms with Crippen molar-refractivity contribution in [3.63, 3.8) is 0 Å². The molecule has 0 aliphatic heterocycles. The van der Waals surface area contributed by atoms with Crippen LogP contribution >= 0.6 is 47.0 Å². The van der Waals surface area contributed by atoms with E-state index in [9.17, 15) is 0 Å². The zero-order valence-electron chi connectivity index (χ0n) is 80.0. The van der Waals surface area contributed by atoms with Gasteiger partial charge in [0.05, 0.1) is 56.9 Å². The van der Waals surface area contributed by atoms with E-state index in [1.165, 1.54) is 477 Å². The summed E-state index contributed by atoms with van der Waals surface area (Å²) < 4.78 is 0. The minimum atomic E-state index is 0.627. The smallest absolute Gasteiger partial charge is 0.0816 e. The van der Waals surface area contributed by atoms with Gasteiger partial charge in [0.1, 0.15) is 0 Å². The van der Waals surface area contributed by atoms with Crippen LogP contribution in [0.5, 0.6) is 0 Å². The lowest BCUT2D eigenvalue weighted by atomic mass is 9.88. The Balaban J connectivity index is 0.000000150. The van der Waals surface area contributed by atoms with Crippen LogP contribution in [0.15, 0.2) is 99.8 Å². The number of thioether (sulfide) groups is 4. The van der Waals surface area contributed by atoms with Gasteiger partial charge in [-0.2, -0.15) is 0 Å². The van der Waals surface area contributed by atoms with Crippen molar-refractivity contribution in [2.45, 2.75) is 431 Å². The second-order valence-electron chi connectivity index (χ2n) is 36.9. The fraction of sp³-hybridized carbons (Fsp3) is 0.633. The summed E-state index contributed by atoms with van der Waals surface area (Å²) in [6.07, 6.45) is 70.2. The lowest BCUT2D eigenvalue weighted by molar-refractivity contribution is 0.559. The van der Waals surface area contributed by atoms with E-state index in [0.717, 1.165) is 38.5 Å². The summed E-state index contributed by atoms with van der Waals surface area (Å²) in [4.78, 5) is 56.6. The molecule has 10 fully saturated rings. The standard InChI is InChI=1S/C25H38N2.C23H34N2.C21H30N2S2.C21H30N2.C19H26N2S2/c1-6-20-16-21(7-2)25(27-23-15-11-9-13-18(23)4)19(5)24(20)26-22-14-10-8-12-17(22)3;1-4-18-16-19(5-2)23(25-21-14-10-7-11-15-21)17(3)22(18)24-20-12-8-6-9-13-20;1-15-20(22-16-10-6-4-7-11-16)18(24-2)14-19(25-3)21(15)23-17-12-8-5-9-13-17;1-4-16-14-17(5-2)21(23-19-12-8-9-13-19)15(3)20(16)22-18-10-6-7-11-18;1-13-18(20-14-8-4-5-9-14)16(22-2)12-17(23-3)19(13)21-15-10-6-7-11-15/h16-18H,6-15H2,1-5H3;16H,4-15H2,1-3H3;14H,4-13H2,1-3H3;14H,4-13H2,1-3H3;12H,4-11H2,1-3H3. The van der Waals surface area contributed by atoms with E-state index in [0.29, 0.717) is 11.8 Å². The van der Waals surface area contributed by atoms with Crippen LogP contribution in [0.1, 0.15) is 399 Å². The van der Waals surface area contributed by atoms with Gasteiger partial charge in [0, 0.05) is 105 Å². The molecule has 2 unspecified atom stereocenters. The molecule has 123 heavy (non-hydrogen) atoms. The lowest BCUT2D eigenvalue weighted by Gasteiger charge is -2.24. The summed E-state index contributed by atoms with van der Waals surface area (Å²) in [5.74, 6) is 1.25. The van der Waals surface area contributed by atoms with Crippen molar-refractivity contribution >= 4 is 161 Å². The van der Waals surface area contributed by atoms with Gasteiger partial charge in [-0.05, 0) is 400 Å². The number of aryl methyl sites for hydroxylation is 6. The first kappa shape index (κ1) is 97.8. The Labute approximate surface area is 764 Å². The molecule has 10 aliphatic rings. The van der Waals surface area contributed by atoms with E-state index in [1.807, 2.05) is 23.5 Å². The van der Waals surface area contributed by atoms with Gasteiger partial charge in [0.25, 0.3) is 0 Å². The van der Waals surface area contributed by atoms with E-state index in [-0.39, 0.29) is 0 Å². The van der Waals surface area contributed by atoms with Gasteiger partial charge in [-0.1, -0.05) is 112 Å². The van der Waals surface area contributed by atoms with Gasteiger partial charge in [0.15, 0.2) is 0 Å². The van der Waals surface area contributed by atoms with Crippen molar-refractivity contribution in [1.29, 1.82) is 0 Å². The molecule has 0 amide bonds. The topological polar surface area (TPSA) is 124 Å². The number of hydrogen-bond acceptors (Lipinski definition) is 14. The zero-order valence-corrected chi connectivity index (χ0v) is 83.3. The molecule has 15 rings (SSSR count). The molecule has 0 radical (unpaired) electrons. The molecule has 14 heteroatoms. The molecule has 0 heterocycles. The van der Waals surface area contributed by atoms with Crippen molar-refractivity contribution in [1.82, 2.24) is 0 Å². The van der Waals surface area contributed by atoms with Gasteiger partial charge in [0.2, 0.25) is 0 Å². The van der Waals surface area contributed by atoms with Crippen molar-refractivity contribution in [3.8, 4) is 0 Å². The second-order valence-corrected chi connectivity index (χ2v) is 40.3. The SMILES string of the molecule is CCc1cc(CC)c(N=C2CCCC2)c(C)c1N=C1CCCC1.CCc1cc(CC)c(N=C2CCCCC2)c(C)c1N=C1CCCCC1.CCc1cc(CC)c(N=C2CCCCC2C)c(C)c1N=C1CCCCC1C.CSc1cc(SC)c(N=C2CCCC2)c(C)c1N=C1CCCC1.CSc1cc(SC)c(N=C2CCCCC2)c(C)c1N=C1CCCCC1. The van der Waals surface area contributed by atoms with Gasteiger partial charge >= 0.3 is 0 Å². The molecule has 2 atom stereocenters. The first-order chi connectivity index (χ1) is 59.9.